The SMILES string of the molecule is CCCCCOC(=O)c1ccccc1-c1ccc2ccccc2n1. The molecule has 0 atom stereocenters. The number of ether oxygens (including phenoxy) is 1. The molecule has 0 aliphatic heterocycles. The van der Waals surface area contributed by atoms with Crippen LogP contribution in [0.25, 0.3) is 22.2 Å². The van der Waals surface area contributed by atoms with Gasteiger partial charge in [0, 0.05) is 10.9 Å². The van der Waals surface area contributed by atoms with Crippen molar-refractivity contribution in [3.63, 3.8) is 0 Å². The molecule has 3 heteroatoms. The Bertz CT molecular complexity index is 842. The molecular formula is C21H21NO2. The van der Waals surface area contributed by atoms with E-state index in [1.165, 1.54) is 0 Å². The second-order valence-electron chi connectivity index (χ2n) is 5.78. The molecule has 0 amide bonds. The molecule has 122 valence electrons. The normalized spacial score (nSPS) is 10.7. The monoisotopic (exact) mass is 319 g/mol. The van der Waals surface area contributed by atoms with Crippen LogP contribution in [0.3, 0.4) is 0 Å². The van der Waals surface area contributed by atoms with Crippen LogP contribution in [0.2, 0.25) is 0 Å². The number of esters is 1. The predicted molar refractivity (Wildman–Crippen MR) is 97.0 cm³/mol. The van der Waals surface area contributed by atoms with Crippen molar-refractivity contribution in [1.29, 1.82) is 0 Å². The summed E-state index contributed by atoms with van der Waals surface area (Å²) in [6, 6.07) is 19.4. The molecule has 3 rings (SSSR count). The Morgan fingerprint density at radius 1 is 0.958 bits per heavy atom. The Morgan fingerprint density at radius 2 is 1.75 bits per heavy atom. The summed E-state index contributed by atoms with van der Waals surface area (Å²) in [5.41, 5.74) is 3.08. The lowest BCUT2D eigenvalue weighted by atomic mass is 10.0. The third-order valence-corrected chi connectivity index (χ3v) is 4.00. The number of aromatic nitrogens is 1. The van der Waals surface area contributed by atoms with Gasteiger partial charge in [-0.05, 0) is 24.6 Å². The molecule has 0 radical (unpaired) electrons. The van der Waals surface area contributed by atoms with Crippen molar-refractivity contribution >= 4 is 16.9 Å². The Morgan fingerprint density at radius 3 is 2.62 bits per heavy atom. The Hall–Kier alpha value is -2.68. The largest absolute Gasteiger partial charge is 0.462 e. The average Bonchev–Trinajstić information content (AvgIpc) is 2.64. The van der Waals surface area contributed by atoms with Gasteiger partial charge in [0.2, 0.25) is 0 Å². The van der Waals surface area contributed by atoms with Gasteiger partial charge in [-0.15, -0.1) is 0 Å². The van der Waals surface area contributed by atoms with E-state index in [-0.39, 0.29) is 5.97 Å². The van der Waals surface area contributed by atoms with Gasteiger partial charge in [-0.2, -0.15) is 0 Å². The number of pyridine rings is 1. The van der Waals surface area contributed by atoms with Crippen molar-refractivity contribution in [2.45, 2.75) is 26.2 Å². The Kier molecular flexibility index (Phi) is 5.22. The summed E-state index contributed by atoms with van der Waals surface area (Å²) in [4.78, 5) is 17.1. The molecule has 0 saturated heterocycles. The maximum Gasteiger partial charge on any atom is 0.338 e. The van der Waals surface area contributed by atoms with Gasteiger partial charge in [0.05, 0.1) is 23.4 Å². The summed E-state index contributed by atoms with van der Waals surface area (Å²) in [7, 11) is 0. The maximum atomic E-state index is 12.4. The number of unbranched alkanes of at least 4 members (excludes halogenated alkanes) is 2. The highest BCUT2D eigenvalue weighted by atomic mass is 16.5. The first-order chi connectivity index (χ1) is 11.8. The number of carbonyl (C=O) groups is 1. The van der Waals surface area contributed by atoms with Gasteiger partial charge < -0.3 is 4.74 Å². The highest BCUT2D eigenvalue weighted by Gasteiger charge is 2.14. The number of para-hydroxylation sites is 1. The highest BCUT2D eigenvalue weighted by Crippen LogP contribution is 2.25. The zero-order valence-corrected chi connectivity index (χ0v) is 13.9. The van der Waals surface area contributed by atoms with Crippen LogP contribution in [0.5, 0.6) is 0 Å². The molecule has 24 heavy (non-hydrogen) atoms. The first-order valence-electron chi connectivity index (χ1n) is 8.42. The van der Waals surface area contributed by atoms with Crippen LogP contribution >= 0.6 is 0 Å². The summed E-state index contributed by atoms with van der Waals surface area (Å²) in [5.74, 6) is -0.281. The lowest BCUT2D eigenvalue weighted by molar-refractivity contribution is 0.0499. The summed E-state index contributed by atoms with van der Waals surface area (Å²) in [6.07, 6.45) is 3.08. The fourth-order valence-electron chi connectivity index (χ4n) is 2.70. The number of nitrogens with zero attached hydrogens (tertiary/aromatic N) is 1. The van der Waals surface area contributed by atoms with E-state index in [1.54, 1.807) is 6.07 Å². The number of fused-ring (bicyclic) bond motifs is 1. The summed E-state index contributed by atoms with van der Waals surface area (Å²) >= 11 is 0. The first-order valence-corrected chi connectivity index (χ1v) is 8.42. The summed E-state index contributed by atoms with van der Waals surface area (Å²) < 4.78 is 5.41. The number of carbonyl (C=O) groups excluding carboxylic acids is 1. The molecule has 0 aliphatic carbocycles. The number of hydrogen-bond acceptors (Lipinski definition) is 3. The van der Waals surface area contributed by atoms with Gasteiger partial charge in [-0.25, -0.2) is 9.78 Å². The highest BCUT2D eigenvalue weighted by molar-refractivity contribution is 5.97. The summed E-state index contributed by atoms with van der Waals surface area (Å²) in [6.45, 7) is 2.59. The molecule has 2 aromatic carbocycles. The van der Waals surface area contributed by atoms with E-state index in [4.69, 9.17) is 9.72 Å². The van der Waals surface area contributed by atoms with Gasteiger partial charge in [0.15, 0.2) is 0 Å². The van der Waals surface area contributed by atoms with E-state index in [0.717, 1.165) is 41.4 Å². The molecule has 0 fully saturated rings. The Balaban J connectivity index is 1.88. The van der Waals surface area contributed by atoms with Crippen molar-refractivity contribution in [3.05, 3.63) is 66.2 Å². The van der Waals surface area contributed by atoms with Crippen LogP contribution in [0, 0.1) is 0 Å². The van der Waals surface area contributed by atoms with Gasteiger partial charge in [0.25, 0.3) is 0 Å². The van der Waals surface area contributed by atoms with Crippen LogP contribution in [0.1, 0.15) is 36.5 Å². The first kappa shape index (κ1) is 16.2. The minimum absolute atomic E-state index is 0.281. The molecule has 0 N–H and O–H groups in total. The molecule has 3 nitrogen and oxygen atoms in total. The second-order valence-corrected chi connectivity index (χ2v) is 5.78. The van der Waals surface area contributed by atoms with Crippen LogP contribution in [0.15, 0.2) is 60.7 Å². The Labute approximate surface area is 142 Å². The van der Waals surface area contributed by atoms with Crippen molar-refractivity contribution in [2.75, 3.05) is 6.61 Å². The van der Waals surface area contributed by atoms with Crippen LogP contribution in [0.4, 0.5) is 0 Å². The topological polar surface area (TPSA) is 39.2 Å². The number of hydrogen-bond donors (Lipinski definition) is 0. The lowest BCUT2D eigenvalue weighted by Gasteiger charge is -2.10. The second kappa shape index (κ2) is 7.73. The van der Waals surface area contributed by atoms with Gasteiger partial charge in [-0.3, -0.25) is 0 Å². The minimum atomic E-state index is -0.281. The van der Waals surface area contributed by atoms with E-state index in [9.17, 15) is 4.79 Å². The molecule has 0 bridgehead atoms. The third-order valence-electron chi connectivity index (χ3n) is 4.00. The third kappa shape index (κ3) is 3.62. The van der Waals surface area contributed by atoms with E-state index >= 15 is 0 Å². The lowest BCUT2D eigenvalue weighted by Crippen LogP contribution is -2.08. The van der Waals surface area contributed by atoms with Gasteiger partial charge in [-0.1, -0.05) is 62.2 Å². The van der Waals surface area contributed by atoms with Crippen molar-refractivity contribution in [1.82, 2.24) is 4.98 Å². The average molecular weight is 319 g/mol. The molecule has 0 unspecified atom stereocenters. The molecular weight excluding hydrogens is 298 g/mol. The fourth-order valence-corrected chi connectivity index (χ4v) is 2.70. The number of rotatable bonds is 6. The molecule has 3 aromatic rings. The van der Waals surface area contributed by atoms with Crippen molar-refractivity contribution in [3.8, 4) is 11.3 Å². The smallest absolute Gasteiger partial charge is 0.338 e. The molecule has 0 saturated carbocycles. The number of benzene rings is 2. The molecule has 0 spiro atoms. The fraction of sp³-hybridized carbons (Fsp3) is 0.238. The van der Waals surface area contributed by atoms with E-state index < -0.39 is 0 Å². The molecule has 1 aromatic heterocycles. The molecule has 1 heterocycles. The quantitative estimate of drug-likeness (QED) is 0.460. The van der Waals surface area contributed by atoms with Crippen LogP contribution in [-0.4, -0.2) is 17.6 Å². The minimum Gasteiger partial charge on any atom is -0.462 e. The zero-order chi connectivity index (χ0) is 16.8. The molecule has 0 aliphatic rings. The predicted octanol–water partition coefficient (Wildman–Crippen LogP) is 5.25. The van der Waals surface area contributed by atoms with E-state index in [1.807, 2.05) is 54.6 Å². The van der Waals surface area contributed by atoms with Crippen molar-refractivity contribution in [2.24, 2.45) is 0 Å². The van der Waals surface area contributed by atoms with Crippen LogP contribution in [-0.2, 0) is 4.74 Å². The van der Waals surface area contributed by atoms with Crippen LogP contribution < -0.4 is 0 Å². The van der Waals surface area contributed by atoms with Gasteiger partial charge >= 0.3 is 5.97 Å². The van der Waals surface area contributed by atoms with Gasteiger partial charge in [0.1, 0.15) is 0 Å². The standard InChI is InChI=1S/C21H21NO2/c1-2-3-8-15-24-21(23)18-11-6-5-10-17(18)20-14-13-16-9-4-7-12-19(16)22-20/h4-7,9-14H,2-3,8,15H2,1H3. The van der Waals surface area contributed by atoms with Crippen molar-refractivity contribution < 1.29 is 9.53 Å². The van der Waals surface area contributed by atoms with E-state index in [0.29, 0.717) is 12.2 Å². The van der Waals surface area contributed by atoms with E-state index in [2.05, 4.69) is 6.92 Å². The maximum absolute atomic E-state index is 12.4. The zero-order valence-electron chi connectivity index (χ0n) is 13.9. The summed E-state index contributed by atoms with van der Waals surface area (Å²) in [5, 5.41) is 1.08.